The molecule has 0 spiro atoms. The molecule has 0 unspecified atom stereocenters. The lowest BCUT2D eigenvalue weighted by Crippen LogP contribution is -2.43. The highest BCUT2D eigenvalue weighted by molar-refractivity contribution is 6.07. The minimum atomic E-state index is -0.453. The normalized spacial score (nSPS) is 22.3. The molecule has 0 aromatic rings. The van der Waals surface area contributed by atoms with E-state index in [4.69, 9.17) is 5.41 Å². The standard InChI is InChI=1S/C7H13N3O/c1-4-10-6(11)9-5(8)7(10,2)3/h4H2,1-3H3,(H2,8,9,11). The second-order valence-electron chi connectivity index (χ2n) is 3.11. The fourth-order valence-corrected chi connectivity index (χ4v) is 1.26. The number of likely N-dealkylation sites (N-methyl/N-ethyl adjacent to an activating group) is 1. The van der Waals surface area contributed by atoms with Crippen LogP contribution in [0.25, 0.3) is 0 Å². The topological polar surface area (TPSA) is 56.2 Å². The van der Waals surface area contributed by atoms with Crippen molar-refractivity contribution in [2.75, 3.05) is 6.54 Å². The highest BCUT2D eigenvalue weighted by atomic mass is 16.2. The summed E-state index contributed by atoms with van der Waals surface area (Å²) in [5, 5.41) is 9.92. The van der Waals surface area contributed by atoms with Crippen molar-refractivity contribution >= 4 is 11.9 Å². The molecule has 4 nitrogen and oxygen atoms in total. The molecular formula is C7H13N3O. The molecule has 2 N–H and O–H groups in total. The van der Waals surface area contributed by atoms with Crippen LogP contribution in [0.5, 0.6) is 0 Å². The Morgan fingerprint density at radius 3 is 2.36 bits per heavy atom. The first-order valence-electron chi connectivity index (χ1n) is 3.67. The lowest BCUT2D eigenvalue weighted by Gasteiger charge is -2.27. The maximum absolute atomic E-state index is 11.1. The predicted octanol–water partition coefficient (Wildman–Crippen LogP) is 0.787. The number of carbonyl (C=O) groups is 1. The second-order valence-corrected chi connectivity index (χ2v) is 3.11. The second kappa shape index (κ2) is 2.22. The average Bonchev–Trinajstić information content (AvgIpc) is 2.04. The van der Waals surface area contributed by atoms with Crippen LogP contribution in [0.4, 0.5) is 4.79 Å². The Bertz CT molecular complexity index is 210. The maximum atomic E-state index is 11.1. The van der Waals surface area contributed by atoms with Crippen molar-refractivity contribution in [1.29, 1.82) is 5.41 Å². The molecule has 62 valence electrons. The van der Waals surface area contributed by atoms with Crippen molar-refractivity contribution in [3.8, 4) is 0 Å². The van der Waals surface area contributed by atoms with Gasteiger partial charge in [0.1, 0.15) is 5.84 Å². The van der Waals surface area contributed by atoms with Crippen LogP contribution in [-0.2, 0) is 0 Å². The van der Waals surface area contributed by atoms with Crippen LogP contribution in [0.1, 0.15) is 20.8 Å². The van der Waals surface area contributed by atoms with Gasteiger partial charge < -0.3 is 4.90 Å². The number of hydrogen-bond donors (Lipinski definition) is 2. The molecule has 1 heterocycles. The summed E-state index contributed by atoms with van der Waals surface area (Å²) in [6.45, 7) is 6.26. The van der Waals surface area contributed by atoms with Gasteiger partial charge in [0.15, 0.2) is 0 Å². The summed E-state index contributed by atoms with van der Waals surface area (Å²) in [4.78, 5) is 12.7. The molecule has 0 bridgehead atoms. The van der Waals surface area contributed by atoms with Gasteiger partial charge in [0, 0.05) is 6.54 Å². The molecule has 0 aromatic carbocycles. The molecule has 2 amide bonds. The van der Waals surface area contributed by atoms with E-state index in [1.165, 1.54) is 0 Å². The summed E-state index contributed by atoms with van der Waals surface area (Å²) in [5.74, 6) is 0.282. The molecule has 1 aliphatic heterocycles. The molecular weight excluding hydrogens is 142 g/mol. The largest absolute Gasteiger partial charge is 0.323 e. The number of carbonyl (C=O) groups excluding carboxylic acids is 1. The summed E-state index contributed by atoms with van der Waals surface area (Å²) in [5.41, 5.74) is -0.453. The van der Waals surface area contributed by atoms with Crippen LogP contribution in [0.2, 0.25) is 0 Å². The van der Waals surface area contributed by atoms with E-state index in [1.54, 1.807) is 4.90 Å². The predicted molar refractivity (Wildman–Crippen MR) is 42.7 cm³/mol. The van der Waals surface area contributed by atoms with Crippen LogP contribution in [0.15, 0.2) is 0 Å². The first-order valence-corrected chi connectivity index (χ1v) is 3.67. The van der Waals surface area contributed by atoms with Gasteiger partial charge in [-0.25, -0.2) is 4.79 Å². The van der Waals surface area contributed by atoms with Crippen molar-refractivity contribution in [3.63, 3.8) is 0 Å². The number of nitrogens with zero attached hydrogens (tertiary/aromatic N) is 1. The Kier molecular flexibility index (Phi) is 1.62. The van der Waals surface area contributed by atoms with Gasteiger partial charge in [-0.2, -0.15) is 0 Å². The van der Waals surface area contributed by atoms with Gasteiger partial charge in [-0.05, 0) is 20.8 Å². The van der Waals surface area contributed by atoms with Gasteiger partial charge in [-0.1, -0.05) is 0 Å². The lowest BCUT2D eigenvalue weighted by atomic mass is 10.0. The van der Waals surface area contributed by atoms with Crippen LogP contribution in [0.3, 0.4) is 0 Å². The average molecular weight is 155 g/mol. The number of amides is 2. The van der Waals surface area contributed by atoms with E-state index in [2.05, 4.69) is 5.32 Å². The van der Waals surface area contributed by atoms with E-state index in [0.29, 0.717) is 6.54 Å². The van der Waals surface area contributed by atoms with Crippen molar-refractivity contribution in [3.05, 3.63) is 0 Å². The zero-order valence-corrected chi connectivity index (χ0v) is 7.06. The monoisotopic (exact) mass is 155 g/mol. The third-order valence-electron chi connectivity index (χ3n) is 2.08. The third kappa shape index (κ3) is 0.982. The molecule has 1 aliphatic rings. The first-order chi connectivity index (χ1) is 5.00. The highest BCUT2D eigenvalue weighted by Gasteiger charge is 2.41. The molecule has 0 aromatic heterocycles. The number of nitrogens with one attached hydrogen (secondary N) is 2. The molecule has 1 saturated heterocycles. The van der Waals surface area contributed by atoms with E-state index in [1.807, 2.05) is 20.8 Å². The van der Waals surface area contributed by atoms with Crippen molar-refractivity contribution < 1.29 is 4.79 Å². The van der Waals surface area contributed by atoms with Gasteiger partial charge in [0.2, 0.25) is 0 Å². The minimum Gasteiger partial charge on any atom is -0.312 e. The zero-order valence-electron chi connectivity index (χ0n) is 7.06. The van der Waals surface area contributed by atoms with E-state index in [9.17, 15) is 4.79 Å². The number of amidine groups is 1. The highest BCUT2D eigenvalue weighted by Crippen LogP contribution is 2.19. The van der Waals surface area contributed by atoms with Crippen LogP contribution in [-0.4, -0.2) is 28.9 Å². The third-order valence-corrected chi connectivity index (χ3v) is 2.08. The van der Waals surface area contributed by atoms with E-state index < -0.39 is 5.54 Å². The Morgan fingerprint density at radius 2 is 2.18 bits per heavy atom. The molecule has 0 aliphatic carbocycles. The maximum Gasteiger partial charge on any atom is 0.323 e. The Morgan fingerprint density at radius 1 is 1.64 bits per heavy atom. The fourth-order valence-electron chi connectivity index (χ4n) is 1.26. The summed E-state index contributed by atoms with van der Waals surface area (Å²) in [6, 6.07) is -0.164. The molecule has 11 heavy (non-hydrogen) atoms. The molecule has 1 rings (SSSR count). The Hall–Kier alpha value is -1.06. The van der Waals surface area contributed by atoms with E-state index in [0.717, 1.165) is 0 Å². The Labute approximate surface area is 66.1 Å². The van der Waals surface area contributed by atoms with Gasteiger partial charge in [0.05, 0.1) is 5.54 Å². The fraction of sp³-hybridized carbons (Fsp3) is 0.714. The van der Waals surface area contributed by atoms with E-state index >= 15 is 0 Å². The zero-order chi connectivity index (χ0) is 8.65. The van der Waals surface area contributed by atoms with Crippen LogP contribution < -0.4 is 5.32 Å². The van der Waals surface area contributed by atoms with Crippen molar-refractivity contribution in [2.24, 2.45) is 0 Å². The number of hydrogen-bond acceptors (Lipinski definition) is 2. The molecule has 0 atom stereocenters. The van der Waals surface area contributed by atoms with Crippen molar-refractivity contribution in [2.45, 2.75) is 26.3 Å². The van der Waals surface area contributed by atoms with Crippen LogP contribution >= 0.6 is 0 Å². The van der Waals surface area contributed by atoms with Crippen molar-refractivity contribution in [1.82, 2.24) is 10.2 Å². The molecule has 4 heteroatoms. The molecule has 0 radical (unpaired) electrons. The molecule has 0 saturated carbocycles. The smallest absolute Gasteiger partial charge is 0.312 e. The summed E-state index contributed by atoms with van der Waals surface area (Å²) in [7, 11) is 0. The lowest BCUT2D eigenvalue weighted by molar-refractivity contribution is 0.190. The summed E-state index contributed by atoms with van der Waals surface area (Å²) >= 11 is 0. The SMILES string of the molecule is CCN1C(=O)NC(=N)C1(C)C. The first kappa shape index (κ1) is 8.04. The summed E-state index contributed by atoms with van der Waals surface area (Å²) in [6.07, 6.45) is 0. The van der Waals surface area contributed by atoms with Gasteiger partial charge in [-0.15, -0.1) is 0 Å². The Balaban J connectivity index is 2.93. The number of rotatable bonds is 1. The molecule has 1 fully saturated rings. The van der Waals surface area contributed by atoms with Crippen LogP contribution in [0, 0.1) is 5.41 Å². The van der Waals surface area contributed by atoms with Gasteiger partial charge >= 0.3 is 6.03 Å². The van der Waals surface area contributed by atoms with Gasteiger partial charge in [0.25, 0.3) is 0 Å². The van der Waals surface area contributed by atoms with Gasteiger partial charge in [-0.3, -0.25) is 10.7 Å². The minimum absolute atomic E-state index is 0.164. The summed E-state index contributed by atoms with van der Waals surface area (Å²) < 4.78 is 0. The quantitative estimate of drug-likeness (QED) is 0.577. The number of urea groups is 1. The van der Waals surface area contributed by atoms with E-state index in [-0.39, 0.29) is 11.9 Å².